The molecule has 0 radical (unpaired) electrons. The summed E-state index contributed by atoms with van der Waals surface area (Å²) in [6.07, 6.45) is 0. The molecule has 0 saturated heterocycles. The summed E-state index contributed by atoms with van der Waals surface area (Å²) in [5.74, 6) is 2.33. The zero-order valence-electron chi connectivity index (χ0n) is 7.71. The van der Waals surface area contributed by atoms with Crippen LogP contribution in [0.3, 0.4) is 0 Å². The lowest BCUT2D eigenvalue weighted by molar-refractivity contribution is 0.0556. The van der Waals surface area contributed by atoms with Crippen LogP contribution in [0.5, 0.6) is 0 Å². The zero-order valence-corrected chi connectivity index (χ0v) is 9.87. The first-order valence-corrected chi connectivity index (χ1v) is 5.14. The molecular weight excluding hydrogens is 291 g/mol. The van der Waals surface area contributed by atoms with Crippen LogP contribution in [-0.4, -0.2) is 12.6 Å². The van der Waals surface area contributed by atoms with Crippen molar-refractivity contribution in [2.45, 2.75) is 6.92 Å². The number of ether oxygens (including phenoxy) is 1. The van der Waals surface area contributed by atoms with E-state index in [-0.39, 0.29) is 12.6 Å². The minimum atomic E-state index is -0.326. The fourth-order valence-electron chi connectivity index (χ4n) is 0.984. The highest BCUT2D eigenvalue weighted by atomic mass is 127. The molecule has 0 amide bonds. The van der Waals surface area contributed by atoms with Gasteiger partial charge in [-0.15, -0.1) is 0 Å². The number of hydrogen-bond donors (Lipinski definition) is 0. The SMILES string of the molecule is Cc1cccc(C(=O)OCC#CI)c1. The van der Waals surface area contributed by atoms with Gasteiger partial charge in [-0.1, -0.05) is 23.6 Å². The van der Waals surface area contributed by atoms with Crippen molar-refractivity contribution >= 4 is 28.6 Å². The van der Waals surface area contributed by atoms with E-state index in [1.807, 2.05) is 41.6 Å². The lowest BCUT2D eigenvalue weighted by Gasteiger charge is -2.01. The first-order valence-electron chi connectivity index (χ1n) is 4.06. The van der Waals surface area contributed by atoms with Gasteiger partial charge in [-0.2, -0.15) is 0 Å². The summed E-state index contributed by atoms with van der Waals surface area (Å²) < 4.78 is 7.53. The van der Waals surface area contributed by atoms with Gasteiger partial charge in [0.15, 0.2) is 6.61 Å². The van der Waals surface area contributed by atoms with Gasteiger partial charge in [-0.3, -0.25) is 0 Å². The van der Waals surface area contributed by atoms with Gasteiger partial charge >= 0.3 is 5.97 Å². The van der Waals surface area contributed by atoms with E-state index in [1.165, 1.54) is 0 Å². The Kier molecular flexibility index (Phi) is 4.47. The lowest BCUT2D eigenvalue weighted by Crippen LogP contribution is -2.05. The van der Waals surface area contributed by atoms with Gasteiger partial charge in [-0.25, -0.2) is 4.79 Å². The number of hydrogen-bond acceptors (Lipinski definition) is 2. The summed E-state index contributed by atoms with van der Waals surface area (Å²) in [6, 6.07) is 7.28. The van der Waals surface area contributed by atoms with Gasteiger partial charge in [-0.05, 0) is 23.0 Å². The van der Waals surface area contributed by atoms with Crippen LogP contribution in [0.25, 0.3) is 0 Å². The average Bonchev–Trinajstić information content (AvgIpc) is 2.18. The van der Waals surface area contributed by atoms with E-state index in [9.17, 15) is 4.79 Å². The van der Waals surface area contributed by atoms with Crippen molar-refractivity contribution in [1.82, 2.24) is 0 Å². The molecule has 0 bridgehead atoms. The summed E-state index contributed by atoms with van der Waals surface area (Å²) in [4.78, 5) is 11.4. The topological polar surface area (TPSA) is 26.3 Å². The second-order valence-corrected chi connectivity index (χ2v) is 3.26. The van der Waals surface area contributed by atoms with E-state index in [0.29, 0.717) is 5.56 Å². The Morgan fingerprint density at radius 2 is 2.36 bits per heavy atom. The van der Waals surface area contributed by atoms with Crippen LogP contribution in [-0.2, 0) is 4.74 Å². The van der Waals surface area contributed by atoms with Crippen LogP contribution < -0.4 is 0 Å². The third-order valence-electron chi connectivity index (χ3n) is 1.60. The standard InChI is InChI=1S/C11H9IO2/c1-9-4-2-5-10(8-9)11(13)14-7-3-6-12/h2,4-5,8H,7H2,1H3. The molecule has 0 aliphatic carbocycles. The maximum Gasteiger partial charge on any atom is 0.339 e. The quantitative estimate of drug-likeness (QED) is 0.477. The number of carbonyl (C=O) groups is 1. The van der Waals surface area contributed by atoms with Crippen LogP contribution in [0, 0.1) is 16.8 Å². The first kappa shape index (κ1) is 11.1. The predicted octanol–water partition coefficient (Wildman–Crippen LogP) is 2.55. The molecule has 1 rings (SSSR count). The molecule has 14 heavy (non-hydrogen) atoms. The summed E-state index contributed by atoms with van der Waals surface area (Å²) in [7, 11) is 0. The fourth-order valence-corrected chi connectivity index (χ4v) is 1.14. The van der Waals surface area contributed by atoms with E-state index < -0.39 is 0 Å². The number of halogens is 1. The van der Waals surface area contributed by atoms with Crippen molar-refractivity contribution in [2.24, 2.45) is 0 Å². The highest BCUT2D eigenvalue weighted by Crippen LogP contribution is 2.05. The van der Waals surface area contributed by atoms with Crippen molar-refractivity contribution < 1.29 is 9.53 Å². The number of esters is 1. The molecule has 1 aromatic rings. The van der Waals surface area contributed by atoms with Crippen LogP contribution >= 0.6 is 22.6 Å². The smallest absolute Gasteiger partial charge is 0.339 e. The van der Waals surface area contributed by atoms with Crippen molar-refractivity contribution in [3.63, 3.8) is 0 Å². The largest absolute Gasteiger partial charge is 0.449 e. The Hall–Kier alpha value is -1.02. The van der Waals surface area contributed by atoms with E-state index in [2.05, 4.69) is 9.85 Å². The van der Waals surface area contributed by atoms with Crippen molar-refractivity contribution in [3.05, 3.63) is 35.4 Å². The van der Waals surface area contributed by atoms with Crippen molar-refractivity contribution in [2.75, 3.05) is 6.61 Å². The Balaban J connectivity index is 2.63. The number of benzene rings is 1. The Bertz CT molecular complexity index is 388. The van der Waals surface area contributed by atoms with E-state index in [4.69, 9.17) is 4.74 Å². The number of rotatable bonds is 2. The third-order valence-corrected chi connectivity index (χ3v) is 1.98. The molecule has 1 aromatic carbocycles. The maximum atomic E-state index is 11.4. The molecule has 0 saturated carbocycles. The van der Waals surface area contributed by atoms with Crippen molar-refractivity contribution in [1.29, 1.82) is 0 Å². The summed E-state index contributed by atoms with van der Waals surface area (Å²) in [5, 5.41) is 0. The van der Waals surface area contributed by atoms with Gasteiger partial charge in [0.2, 0.25) is 0 Å². The van der Waals surface area contributed by atoms with Crippen LogP contribution in [0.2, 0.25) is 0 Å². The monoisotopic (exact) mass is 300 g/mol. The number of aryl methyl sites for hydroxylation is 1. The molecule has 0 atom stereocenters. The third kappa shape index (κ3) is 3.38. The summed E-state index contributed by atoms with van der Waals surface area (Å²) >= 11 is 1.90. The van der Waals surface area contributed by atoms with Gasteiger partial charge in [0.25, 0.3) is 0 Å². The van der Waals surface area contributed by atoms with Gasteiger partial charge in [0.05, 0.1) is 5.56 Å². The highest BCUT2D eigenvalue weighted by molar-refractivity contribution is 14.1. The van der Waals surface area contributed by atoms with Crippen LogP contribution in [0.15, 0.2) is 24.3 Å². The molecule has 0 N–H and O–H groups in total. The summed E-state index contributed by atoms with van der Waals surface area (Å²) in [6.45, 7) is 2.08. The molecule has 0 heterocycles. The van der Waals surface area contributed by atoms with Crippen LogP contribution in [0.1, 0.15) is 15.9 Å². The van der Waals surface area contributed by atoms with Gasteiger partial charge in [0.1, 0.15) is 0 Å². The van der Waals surface area contributed by atoms with Crippen LogP contribution in [0.4, 0.5) is 0 Å². The normalized spacial score (nSPS) is 8.71. The number of carbonyl (C=O) groups excluding carboxylic acids is 1. The lowest BCUT2D eigenvalue weighted by atomic mass is 10.1. The van der Waals surface area contributed by atoms with Gasteiger partial charge in [0, 0.05) is 22.6 Å². The highest BCUT2D eigenvalue weighted by Gasteiger charge is 2.04. The second-order valence-electron chi connectivity index (χ2n) is 2.72. The molecule has 72 valence electrons. The van der Waals surface area contributed by atoms with E-state index in [1.54, 1.807) is 12.1 Å². The molecule has 0 spiro atoms. The maximum absolute atomic E-state index is 11.4. The molecule has 0 fully saturated rings. The Morgan fingerprint density at radius 3 is 3.00 bits per heavy atom. The van der Waals surface area contributed by atoms with E-state index in [0.717, 1.165) is 5.56 Å². The average molecular weight is 300 g/mol. The Morgan fingerprint density at radius 1 is 1.57 bits per heavy atom. The van der Waals surface area contributed by atoms with Crippen molar-refractivity contribution in [3.8, 4) is 9.85 Å². The fraction of sp³-hybridized carbons (Fsp3) is 0.182. The molecule has 0 aliphatic heterocycles. The molecule has 0 aliphatic rings. The minimum Gasteiger partial charge on any atom is -0.449 e. The molecule has 0 unspecified atom stereocenters. The second kappa shape index (κ2) is 5.66. The Labute approximate surface area is 96.8 Å². The first-order chi connectivity index (χ1) is 6.74. The van der Waals surface area contributed by atoms with E-state index >= 15 is 0 Å². The molecule has 0 aromatic heterocycles. The predicted molar refractivity (Wildman–Crippen MR) is 63.3 cm³/mol. The zero-order chi connectivity index (χ0) is 10.4. The summed E-state index contributed by atoms with van der Waals surface area (Å²) in [5.41, 5.74) is 1.61. The minimum absolute atomic E-state index is 0.149. The van der Waals surface area contributed by atoms with Gasteiger partial charge < -0.3 is 4.74 Å². The molecule has 2 nitrogen and oxygen atoms in total. The molecular formula is C11H9IO2. The molecule has 3 heteroatoms.